The highest BCUT2D eigenvalue weighted by Crippen LogP contribution is 2.34. The topological polar surface area (TPSA) is 3.24 Å². The molecule has 22 heavy (non-hydrogen) atoms. The van der Waals surface area contributed by atoms with Crippen LogP contribution in [0.15, 0.2) is 72.8 Å². The molecule has 0 radical (unpaired) electrons. The number of anilines is 3. The highest BCUT2D eigenvalue weighted by atomic mass is 127. The lowest BCUT2D eigenvalue weighted by molar-refractivity contribution is 1.27. The van der Waals surface area contributed by atoms with Crippen LogP contribution in [-0.4, -0.2) is 0 Å². The van der Waals surface area contributed by atoms with Crippen molar-refractivity contribution in [2.45, 2.75) is 6.92 Å². The van der Waals surface area contributed by atoms with Gasteiger partial charge in [-0.05, 0) is 113 Å². The first-order chi connectivity index (χ1) is 10.6. The number of rotatable bonds is 3. The van der Waals surface area contributed by atoms with E-state index in [1.54, 1.807) is 0 Å². The van der Waals surface area contributed by atoms with Gasteiger partial charge in [-0.3, -0.25) is 0 Å². The second-order valence-electron chi connectivity index (χ2n) is 5.12. The van der Waals surface area contributed by atoms with Gasteiger partial charge in [0.1, 0.15) is 0 Å². The molecule has 3 aromatic rings. The van der Waals surface area contributed by atoms with Gasteiger partial charge in [-0.2, -0.15) is 0 Å². The van der Waals surface area contributed by atoms with E-state index in [0.29, 0.717) is 0 Å². The Morgan fingerprint density at radius 2 is 0.864 bits per heavy atom. The van der Waals surface area contributed by atoms with Gasteiger partial charge in [0.15, 0.2) is 0 Å². The average molecular weight is 511 g/mol. The molecule has 0 N–H and O–H groups in total. The molecule has 0 spiro atoms. The zero-order valence-corrected chi connectivity index (χ0v) is 16.4. The van der Waals surface area contributed by atoms with Crippen LogP contribution in [0.25, 0.3) is 0 Å². The highest BCUT2D eigenvalue weighted by molar-refractivity contribution is 14.1. The Morgan fingerprint density at radius 1 is 0.545 bits per heavy atom. The lowest BCUT2D eigenvalue weighted by Crippen LogP contribution is -2.09. The van der Waals surface area contributed by atoms with Gasteiger partial charge in [0.2, 0.25) is 0 Å². The summed E-state index contributed by atoms with van der Waals surface area (Å²) in [4.78, 5) is 2.28. The molecule has 0 saturated heterocycles. The minimum absolute atomic E-state index is 1.17. The van der Waals surface area contributed by atoms with Gasteiger partial charge < -0.3 is 4.90 Å². The number of hydrogen-bond donors (Lipinski definition) is 0. The smallest absolute Gasteiger partial charge is 0.0462 e. The fourth-order valence-corrected chi connectivity index (χ4v) is 3.04. The maximum Gasteiger partial charge on any atom is 0.0462 e. The van der Waals surface area contributed by atoms with Crippen molar-refractivity contribution in [1.29, 1.82) is 0 Å². The largest absolute Gasteiger partial charge is 0.311 e. The van der Waals surface area contributed by atoms with Crippen molar-refractivity contribution in [3.05, 3.63) is 85.5 Å². The quantitative estimate of drug-likeness (QED) is 0.355. The number of halogens is 2. The number of nitrogens with zero attached hydrogens (tertiary/aromatic N) is 1. The predicted octanol–water partition coefficient (Wildman–Crippen LogP) is 6.67. The van der Waals surface area contributed by atoms with E-state index >= 15 is 0 Å². The molecular formula is C19H15I2N. The Morgan fingerprint density at radius 3 is 1.23 bits per heavy atom. The van der Waals surface area contributed by atoms with Crippen molar-refractivity contribution in [2.24, 2.45) is 0 Å². The minimum Gasteiger partial charge on any atom is -0.311 e. The van der Waals surface area contributed by atoms with Gasteiger partial charge in [-0.1, -0.05) is 17.7 Å². The summed E-state index contributed by atoms with van der Waals surface area (Å²) < 4.78 is 2.49. The monoisotopic (exact) mass is 511 g/mol. The Hall–Kier alpha value is -1.08. The molecule has 0 aliphatic heterocycles. The van der Waals surface area contributed by atoms with Crippen LogP contribution in [0.4, 0.5) is 17.1 Å². The molecule has 0 atom stereocenters. The van der Waals surface area contributed by atoms with Gasteiger partial charge in [-0.15, -0.1) is 0 Å². The Balaban J connectivity index is 2.10. The molecule has 0 aliphatic rings. The Kier molecular flexibility index (Phi) is 5.03. The Bertz CT molecular complexity index is 639. The summed E-state index contributed by atoms with van der Waals surface area (Å²) in [5, 5.41) is 0. The summed E-state index contributed by atoms with van der Waals surface area (Å²) in [5.74, 6) is 0. The molecule has 0 heterocycles. The first-order valence-corrected chi connectivity index (χ1v) is 9.17. The second kappa shape index (κ2) is 7.00. The van der Waals surface area contributed by atoms with Crippen LogP contribution in [0.1, 0.15) is 5.56 Å². The van der Waals surface area contributed by atoms with Gasteiger partial charge >= 0.3 is 0 Å². The van der Waals surface area contributed by atoms with Gasteiger partial charge in [0, 0.05) is 24.2 Å². The number of benzene rings is 3. The van der Waals surface area contributed by atoms with Crippen molar-refractivity contribution < 1.29 is 0 Å². The van der Waals surface area contributed by atoms with Crippen molar-refractivity contribution in [3.63, 3.8) is 0 Å². The number of hydrogen-bond acceptors (Lipinski definition) is 1. The van der Waals surface area contributed by atoms with E-state index in [2.05, 4.69) is 130 Å². The fourth-order valence-electron chi connectivity index (χ4n) is 2.32. The standard InChI is InChI=1S/C19H15I2N/c1-14-2-8-17(9-3-14)22(18-10-4-15(20)5-11-18)19-12-6-16(21)7-13-19/h2-13H,1H3. The van der Waals surface area contributed by atoms with E-state index in [0.717, 1.165) is 0 Å². The summed E-state index contributed by atoms with van der Waals surface area (Å²) in [5.41, 5.74) is 4.79. The zero-order chi connectivity index (χ0) is 15.5. The van der Waals surface area contributed by atoms with Crippen LogP contribution in [0.3, 0.4) is 0 Å². The molecular weight excluding hydrogens is 496 g/mol. The van der Waals surface area contributed by atoms with E-state index in [1.165, 1.54) is 29.8 Å². The Labute approximate surface area is 158 Å². The summed E-state index contributed by atoms with van der Waals surface area (Å²) in [6, 6.07) is 25.9. The maximum absolute atomic E-state index is 2.34. The molecule has 3 aromatic carbocycles. The molecule has 0 saturated carbocycles. The predicted molar refractivity (Wildman–Crippen MR) is 111 cm³/mol. The third kappa shape index (κ3) is 3.63. The molecule has 0 unspecified atom stereocenters. The first-order valence-electron chi connectivity index (χ1n) is 7.01. The highest BCUT2D eigenvalue weighted by Gasteiger charge is 2.11. The first kappa shape index (κ1) is 15.8. The second-order valence-corrected chi connectivity index (χ2v) is 7.62. The summed E-state index contributed by atoms with van der Waals surface area (Å²) in [7, 11) is 0. The summed E-state index contributed by atoms with van der Waals surface area (Å²) in [6.45, 7) is 2.11. The molecule has 3 rings (SSSR count). The van der Waals surface area contributed by atoms with Crippen LogP contribution in [0.2, 0.25) is 0 Å². The van der Waals surface area contributed by atoms with Crippen molar-refractivity contribution in [2.75, 3.05) is 4.90 Å². The van der Waals surface area contributed by atoms with Crippen LogP contribution >= 0.6 is 45.2 Å². The molecule has 110 valence electrons. The lowest BCUT2D eigenvalue weighted by Gasteiger charge is -2.25. The van der Waals surface area contributed by atoms with E-state index in [-0.39, 0.29) is 0 Å². The van der Waals surface area contributed by atoms with Crippen LogP contribution in [0, 0.1) is 14.1 Å². The lowest BCUT2D eigenvalue weighted by atomic mass is 10.1. The van der Waals surface area contributed by atoms with Crippen molar-refractivity contribution >= 4 is 62.2 Å². The normalized spacial score (nSPS) is 10.5. The van der Waals surface area contributed by atoms with E-state index < -0.39 is 0 Å². The summed E-state index contributed by atoms with van der Waals surface area (Å²) in [6.07, 6.45) is 0. The van der Waals surface area contributed by atoms with E-state index in [9.17, 15) is 0 Å². The molecule has 0 bridgehead atoms. The van der Waals surface area contributed by atoms with Crippen molar-refractivity contribution in [1.82, 2.24) is 0 Å². The summed E-state index contributed by atoms with van der Waals surface area (Å²) >= 11 is 4.68. The molecule has 1 nitrogen and oxygen atoms in total. The van der Waals surface area contributed by atoms with Crippen molar-refractivity contribution in [3.8, 4) is 0 Å². The average Bonchev–Trinajstić information content (AvgIpc) is 2.53. The van der Waals surface area contributed by atoms with Crippen LogP contribution in [0.5, 0.6) is 0 Å². The van der Waals surface area contributed by atoms with E-state index in [1.807, 2.05) is 0 Å². The van der Waals surface area contributed by atoms with Crippen LogP contribution in [-0.2, 0) is 0 Å². The fraction of sp³-hybridized carbons (Fsp3) is 0.0526. The minimum atomic E-state index is 1.17. The van der Waals surface area contributed by atoms with Gasteiger partial charge in [0.25, 0.3) is 0 Å². The third-order valence-corrected chi connectivity index (χ3v) is 4.90. The maximum atomic E-state index is 2.34. The van der Waals surface area contributed by atoms with E-state index in [4.69, 9.17) is 0 Å². The van der Waals surface area contributed by atoms with Gasteiger partial charge in [0.05, 0.1) is 0 Å². The molecule has 0 aliphatic carbocycles. The SMILES string of the molecule is Cc1ccc(N(c2ccc(I)cc2)c2ccc(I)cc2)cc1. The van der Waals surface area contributed by atoms with Gasteiger partial charge in [-0.25, -0.2) is 0 Å². The molecule has 3 heteroatoms. The molecule has 0 amide bonds. The zero-order valence-electron chi connectivity index (χ0n) is 12.1. The number of aryl methyl sites for hydroxylation is 1. The molecule has 0 fully saturated rings. The third-order valence-electron chi connectivity index (χ3n) is 3.46. The molecule has 0 aromatic heterocycles. The van der Waals surface area contributed by atoms with Crippen LogP contribution < -0.4 is 4.90 Å².